The molecule has 104 valence electrons. The molecule has 5 heteroatoms. The summed E-state index contributed by atoms with van der Waals surface area (Å²) >= 11 is 0. The van der Waals surface area contributed by atoms with Crippen LogP contribution in [0.1, 0.15) is 12.8 Å². The molecule has 1 aromatic heterocycles. The van der Waals surface area contributed by atoms with E-state index in [2.05, 4.69) is 20.2 Å². The van der Waals surface area contributed by atoms with Gasteiger partial charge in [0.1, 0.15) is 0 Å². The quantitative estimate of drug-likeness (QED) is 0.673. The van der Waals surface area contributed by atoms with E-state index in [0.29, 0.717) is 0 Å². The van der Waals surface area contributed by atoms with Crippen LogP contribution in [0.3, 0.4) is 0 Å². The Morgan fingerprint density at radius 1 is 1.20 bits per heavy atom. The van der Waals surface area contributed by atoms with Crippen LogP contribution in [0.4, 0.5) is 11.6 Å². The summed E-state index contributed by atoms with van der Waals surface area (Å²) in [5.74, 6) is 1.60. The number of rotatable bonds is 2. The number of likely N-dealkylation sites (tertiary alicyclic amines) is 1. The summed E-state index contributed by atoms with van der Waals surface area (Å²) in [6.45, 7) is 2.09. The third-order valence-electron chi connectivity index (χ3n) is 3.44. The molecule has 20 heavy (non-hydrogen) atoms. The number of hydrogen-bond donors (Lipinski definition) is 1. The number of imidazole rings is 1. The molecule has 1 N–H and O–H groups in total. The molecule has 1 aliphatic rings. The predicted octanol–water partition coefficient (Wildman–Crippen LogP) is 2.62. The molecule has 1 saturated heterocycles. The van der Waals surface area contributed by atoms with Crippen LogP contribution in [-0.4, -0.2) is 33.5 Å². The molecule has 0 saturated carbocycles. The SMILES string of the molecule is Cn1ccnc1N=C(Nc1ccccc1)N1CCCC1. The van der Waals surface area contributed by atoms with E-state index in [1.165, 1.54) is 12.8 Å². The average molecular weight is 269 g/mol. The van der Waals surface area contributed by atoms with Crippen LogP contribution in [-0.2, 0) is 7.05 Å². The first-order chi connectivity index (χ1) is 9.83. The van der Waals surface area contributed by atoms with E-state index >= 15 is 0 Å². The van der Waals surface area contributed by atoms with Gasteiger partial charge in [0.25, 0.3) is 0 Å². The molecule has 0 spiro atoms. The minimum absolute atomic E-state index is 0.718. The van der Waals surface area contributed by atoms with Crippen molar-refractivity contribution in [1.82, 2.24) is 14.5 Å². The molecule has 0 aliphatic carbocycles. The Morgan fingerprint density at radius 2 is 1.95 bits per heavy atom. The van der Waals surface area contributed by atoms with E-state index in [-0.39, 0.29) is 0 Å². The van der Waals surface area contributed by atoms with E-state index in [1.54, 1.807) is 6.20 Å². The van der Waals surface area contributed by atoms with Crippen molar-refractivity contribution in [1.29, 1.82) is 0 Å². The molecule has 0 bridgehead atoms. The maximum atomic E-state index is 4.68. The maximum absolute atomic E-state index is 4.68. The number of anilines is 1. The van der Waals surface area contributed by atoms with Crippen molar-refractivity contribution in [2.75, 3.05) is 18.4 Å². The van der Waals surface area contributed by atoms with Crippen molar-refractivity contribution < 1.29 is 0 Å². The number of benzene rings is 1. The van der Waals surface area contributed by atoms with Crippen LogP contribution in [0.25, 0.3) is 0 Å². The molecule has 5 nitrogen and oxygen atoms in total. The van der Waals surface area contributed by atoms with Gasteiger partial charge in [0, 0.05) is 38.2 Å². The lowest BCUT2D eigenvalue weighted by molar-refractivity contribution is 0.517. The highest BCUT2D eigenvalue weighted by molar-refractivity contribution is 5.95. The maximum Gasteiger partial charge on any atom is 0.232 e. The van der Waals surface area contributed by atoms with Gasteiger partial charge in [-0.15, -0.1) is 0 Å². The minimum Gasteiger partial charge on any atom is -0.342 e. The lowest BCUT2D eigenvalue weighted by atomic mass is 10.3. The summed E-state index contributed by atoms with van der Waals surface area (Å²) < 4.78 is 1.92. The minimum atomic E-state index is 0.718. The number of aliphatic imine (C=N–C) groups is 1. The van der Waals surface area contributed by atoms with Crippen molar-refractivity contribution >= 4 is 17.6 Å². The zero-order valence-electron chi connectivity index (χ0n) is 11.7. The van der Waals surface area contributed by atoms with Gasteiger partial charge in [0.05, 0.1) is 0 Å². The monoisotopic (exact) mass is 269 g/mol. The second kappa shape index (κ2) is 5.77. The highest BCUT2D eigenvalue weighted by Gasteiger charge is 2.17. The Balaban J connectivity index is 1.88. The summed E-state index contributed by atoms with van der Waals surface area (Å²) in [5, 5.41) is 3.41. The zero-order chi connectivity index (χ0) is 13.8. The average Bonchev–Trinajstić information content (AvgIpc) is 3.12. The molecule has 0 radical (unpaired) electrons. The van der Waals surface area contributed by atoms with Gasteiger partial charge in [0.15, 0.2) is 0 Å². The number of para-hydroxylation sites is 1. The summed E-state index contributed by atoms with van der Waals surface area (Å²) in [7, 11) is 1.95. The molecule has 0 unspecified atom stereocenters. The van der Waals surface area contributed by atoms with Crippen LogP contribution in [0.15, 0.2) is 47.7 Å². The van der Waals surface area contributed by atoms with Crippen LogP contribution in [0, 0.1) is 0 Å². The number of aryl methyl sites for hydroxylation is 1. The van der Waals surface area contributed by atoms with Crippen LogP contribution in [0.5, 0.6) is 0 Å². The van der Waals surface area contributed by atoms with Crippen molar-refractivity contribution in [3.63, 3.8) is 0 Å². The Morgan fingerprint density at radius 3 is 2.60 bits per heavy atom. The van der Waals surface area contributed by atoms with Gasteiger partial charge in [-0.05, 0) is 25.0 Å². The highest BCUT2D eigenvalue weighted by Crippen LogP contribution is 2.15. The first kappa shape index (κ1) is 12.7. The molecule has 1 fully saturated rings. The smallest absolute Gasteiger partial charge is 0.232 e. The highest BCUT2D eigenvalue weighted by atomic mass is 15.3. The Kier molecular flexibility index (Phi) is 3.67. The summed E-state index contributed by atoms with van der Waals surface area (Å²) in [5.41, 5.74) is 1.05. The lowest BCUT2D eigenvalue weighted by Crippen LogP contribution is -2.33. The molecule has 0 amide bonds. The zero-order valence-corrected chi connectivity index (χ0v) is 11.7. The van der Waals surface area contributed by atoms with Gasteiger partial charge in [-0.3, -0.25) is 0 Å². The van der Waals surface area contributed by atoms with Gasteiger partial charge in [-0.1, -0.05) is 18.2 Å². The van der Waals surface area contributed by atoms with Gasteiger partial charge in [-0.25, -0.2) is 4.98 Å². The first-order valence-corrected chi connectivity index (χ1v) is 6.96. The fourth-order valence-corrected chi connectivity index (χ4v) is 2.32. The fraction of sp³-hybridized carbons (Fsp3) is 0.333. The molecule has 0 atom stereocenters. The Labute approximate surface area is 119 Å². The summed E-state index contributed by atoms with van der Waals surface area (Å²) in [6.07, 6.45) is 6.11. The van der Waals surface area contributed by atoms with Gasteiger partial charge >= 0.3 is 0 Å². The normalized spacial score (nSPS) is 15.7. The predicted molar refractivity (Wildman–Crippen MR) is 81.2 cm³/mol. The molecule has 3 rings (SSSR count). The standard InChI is InChI=1S/C15H19N5/c1-19-12-9-16-14(19)18-15(20-10-5-6-11-20)17-13-7-3-2-4-8-13/h2-4,7-9,12H,5-6,10-11H2,1H3,(H,16,17,18). The number of guanidine groups is 1. The van der Waals surface area contributed by atoms with Crippen molar-refractivity contribution in [3.8, 4) is 0 Å². The van der Waals surface area contributed by atoms with E-state index in [9.17, 15) is 0 Å². The molecule has 1 aromatic carbocycles. The van der Waals surface area contributed by atoms with Crippen molar-refractivity contribution in [2.24, 2.45) is 12.0 Å². The number of nitrogens with one attached hydrogen (secondary N) is 1. The second-order valence-corrected chi connectivity index (χ2v) is 4.96. The van der Waals surface area contributed by atoms with E-state index < -0.39 is 0 Å². The summed E-state index contributed by atoms with van der Waals surface area (Å²) in [6, 6.07) is 10.1. The van der Waals surface area contributed by atoms with Crippen molar-refractivity contribution in [3.05, 3.63) is 42.7 Å². The molecular formula is C15H19N5. The van der Waals surface area contributed by atoms with Gasteiger partial charge in [0.2, 0.25) is 11.9 Å². The van der Waals surface area contributed by atoms with Crippen LogP contribution in [0.2, 0.25) is 0 Å². The fourth-order valence-electron chi connectivity index (χ4n) is 2.32. The van der Waals surface area contributed by atoms with Crippen molar-refractivity contribution in [2.45, 2.75) is 12.8 Å². The third-order valence-corrected chi connectivity index (χ3v) is 3.44. The lowest BCUT2D eigenvalue weighted by Gasteiger charge is -2.21. The number of aromatic nitrogens is 2. The van der Waals surface area contributed by atoms with Gasteiger partial charge < -0.3 is 14.8 Å². The van der Waals surface area contributed by atoms with E-state index in [1.807, 2.05) is 48.1 Å². The van der Waals surface area contributed by atoms with E-state index in [0.717, 1.165) is 30.7 Å². The number of nitrogens with zero attached hydrogens (tertiary/aromatic N) is 4. The number of hydrogen-bond acceptors (Lipinski definition) is 2. The molecular weight excluding hydrogens is 250 g/mol. The van der Waals surface area contributed by atoms with Crippen LogP contribution < -0.4 is 5.32 Å². The Bertz CT molecular complexity index is 581. The topological polar surface area (TPSA) is 45.5 Å². The molecule has 2 heterocycles. The third kappa shape index (κ3) is 2.82. The van der Waals surface area contributed by atoms with E-state index in [4.69, 9.17) is 0 Å². The van der Waals surface area contributed by atoms with Crippen LogP contribution >= 0.6 is 0 Å². The molecule has 1 aliphatic heterocycles. The Hall–Kier alpha value is -2.30. The summed E-state index contributed by atoms with van der Waals surface area (Å²) in [4.78, 5) is 11.2. The molecule has 2 aromatic rings. The largest absolute Gasteiger partial charge is 0.342 e. The van der Waals surface area contributed by atoms with Gasteiger partial charge in [-0.2, -0.15) is 4.99 Å². The first-order valence-electron chi connectivity index (χ1n) is 6.96. The second-order valence-electron chi connectivity index (χ2n) is 4.96.